The van der Waals surface area contributed by atoms with E-state index >= 15 is 0 Å². The van der Waals surface area contributed by atoms with E-state index in [4.69, 9.17) is 19.2 Å². The quantitative estimate of drug-likeness (QED) is 0.331. The molecule has 3 atom stereocenters. The number of guanidine groups is 1. The fourth-order valence-corrected chi connectivity index (χ4v) is 4.07. The van der Waals surface area contributed by atoms with Crippen molar-refractivity contribution in [2.45, 2.75) is 38.0 Å². The van der Waals surface area contributed by atoms with E-state index in [-0.39, 0.29) is 42.2 Å². The number of halogens is 1. The SMILES string of the molecule is CCNC(=NCC(c1ccccc1OC)N(C)C)N1CCOC(C2CCCO2)C1.I. The van der Waals surface area contributed by atoms with Gasteiger partial charge >= 0.3 is 0 Å². The molecule has 0 saturated carbocycles. The van der Waals surface area contributed by atoms with Gasteiger partial charge in [-0.25, -0.2) is 0 Å². The molecule has 30 heavy (non-hydrogen) atoms. The number of aliphatic imine (C=N–C) groups is 1. The number of rotatable bonds is 7. The lowest BCUT2D eigenvalue weighted by atomic mass is 10.0. The molecule has 2 aliphatic rings. The first kappa shape index (κ1) is 25.2. The zero-order valence-electron chi connectivity index (χ0n) is 18.7. The minimum absolute atomic E-state index is 0. The van der Waals surface area contributed by atoms with Crippen molar-refractivity contribution in [3.63, 3.8) is 0 Å². The molecule has 2 aliphatic heterocycles. The van der Waals surface area contributed by atoms with Crippen LogP contribution in [0.4, 0.5) is 0 Å². The molecule has 2 saturated heterocycles. The van der Waals surface area contributed by atoms with Crippen LogP contribution in [-0.2, 0) is 9.47 Å². The lowest BCUT2D eigenvalue weighted by molar-refractivity contribution is -0.0817. The third kappa shape index (κ3) is 6.45. The van der Waals surface area contributed by atoms with Gasteiger partial charge in [0.2, 0.25) is 0 Å². The fourth-order valence-electron chi connectivity index (χ4n) is 4.07. The summed E-state index contributed by atoms with van der Waals surface area (Å²) in [4.78, 5) is 9.52. The molecular formula is C22H37IN4O3. The van der Waals surface area contributed by atoms with Crippen LogP contribution in [0.3, 0.4) is 0 Å². The number of ether oxygens (including phenoxy) is 3. The zero-order valence-corrected chi connectivity index (χ0v) is 21.0. The van der Waals surface area contributed by atoms with Crippen LogP contribution >= 0.6 is 24.0 Å². The molecule has 0 amide bonds. The minimum atomic E-state index is 0. The Morgan fingerprint density at radius 3 is 2.70 bits per heavy atom. The van der Waals surface area contributed by atoms with Crippen LogP contribution in [0.5, 0.6) is 5.75 Å². The van der Waals surface area contributed by atoms with Crippen LogP contribution in [0, 0.1) is 0 Å². The predicted octanol–water partition coefficient (Wildman–Crippen LogP) is 2.76. The number of benzene rings is 1. The van der Waals surface area contributed by atoms with Gasteiger partial charge in [-0.1, -0.05) is 18.2 Å². The van der Waals surface area contributed by atoms with Gasteiger partial charge in [-0.05, 0) is 39.9 Å². The second-order valence-corrected chi connectivity index (χ2v) is 7.82. The number of methoxy groups -OCH3 is 1. The van der Waals surface area contributed by atoms with E-state index in [1.165, 1.54) is 0 Å². The maximum absolute atomic E-state index is 6.01. The van der Waals surface area contributed by atoms with Crippen LogP contribution < -0.4 is 10.1 Å². The van der Waals surface area contributed by atoms with Crippen molar-refractivity contribution >= 4 is 29.9 Å². The summed E-state index contributed by atoms with van der Waals surface area (Å²) in [5, 5.41) is 3.47. The van der Waals surface area contributed by atoms with Gasteiger partial charge in [-0.15, -0.1) is 24.0 Å². The molecule has 0 aromatic heterocycles. The second kappa shape index (κ2) is 12.7. The molecule has 2 heterocycles. The molecule has 3 unspecified atom stereocenters. The van der Waals surface area contributed by atoms with Crippen molar-refractivity contribution < 1.29 is 14.2 Å². The van der Waals surface area contributed by atoms with E-state index in [9.17, 15) is 0 Å². The van der Waals surface area contributed by atoms with Gasteiger partial charge in [-0.3, -0.25) is 4.99 Å². The molecule has 1 aromatic carbocycles. The zero-order chi connectivity index (χ0) is 20.6. The number of hydrogen-bond donors (Lipinski definition) is 1. The van der Waals surface area contributed by atoms with Gasteiger partial charge < -0.3 is 29.3 Å². The van der Waals surface area contributed by atoms with E-state index in [1.54, 1.807) is 7.11 Å². The largest absolute Gasteiger partial charge is 0.496 e. The van der Waals surface area contributed by atoms with Crippen molar-refractivity contribution in [1.29, 1.82) is 0 Å². The number of hydrogen-bond acceptors (Lipinski definition) is 5. The maximum Gasteiger partial charge on any atom is 0.194 e. The lowest BCUT2D eigenvalue weighted by Gasteiger charge is -2.37. The van der Waals surface area contributed by atoms with Crippen molar-refractivity contribution in [2.24, 2.45) is 4.99 Å². The van der Waals surface area contributed by atoms with Gasteiger partial charge in [0, 0.05) is 31.8 Å². The van der Waals surface area contributed by atoms with Crippen LogP contribution in [0.15, 0.2) is 29.3 Å². The summed E-state index contributed by atoms with van der Waals surface area (Å²) in [5.41, 5.74) is 1.15. The highest BCUT2D eigenvalue weighted by Gasteiger charge is 2.32. The molecule has 2 fully saturated rings. The van der Waals surface area contributed by atoms with E-state index in [0.717, 1.165) is 56.4 Å². The summed E-state index contributed by atoms with van der Waals surface area (Å²) in [5.74, 6) is 1.84. The fraction of sp³-hybridized carbons (Fsp3) is 0.682. The smallest absolute Gasteiger partial charge is 0.194 e. The molecule has 0 radical (unpaired) electrons. The second-order valence-electron chi connectivity index (χ2n) is 7.82. The maximum atomic E-state index is 6.01. The predicted molar refractivity (Wildman–Crippen MR) is 131 cm³/mol. The highest BCUT2D eigenvalue weighted by Crippen LogP contribution is 2.28. The molecule has 0 bridgehead atoms. The van der Waals surface area contributed by atoms with Gasteiger partial charge in [0.15, 0.2) is 5.96 Å². The summed E-state index contributed by atoms with van der Waals surface area (Å²) < 4.78 is 17.5. The van der Waals surface area contributed by atoms with Crippen LogP contribution in [0.1, 0.15) is 31.4 Å². The van der Waals surface area contributed by atoms with Crippen molar-refractivity contribution in [3.8, 4) is 5.75 Å². The third-order valence-corrected chi connectivity index (χ3v) is 5.64. The van der Waals surface area contributed by atoms with Crippen molar-refractivity contribution in [2.75, 3.05) is 60.6 Å². The normalized spacial score (nSPS) is 23.2. The Labute approximate surface area is 198 Å². The van der Waals surface area contributed by atoms with Gasteiger partial charge in [-0.2, -0.15) is 0 Å². The van der Waals surface area contributed by atoms with E-state index in [1.807, 2.05) is 12.1 Å². The van der Waals surface area contributed by atoms with Gasteiger partial charge in [0.25, 0.3) is 0 Å². The first-order chi connectivity index (χ1) is 14.1. The summed E-state index contributed by atoms with van der Waals surface area (Å²) in [7, 11) is 5.89. The summed E-state index contributed by atoms with van der Waals surface area (Å²) in [6, 6.07) is 8.32. The molecule has 8 heteroatoms. The van der Waals surface area contributed by atoms with Gasteiger partial charge in [0.1, 0.15) is 11.9 Å². The first-order valence-electron chi connectivity index (χ1n) is 10.7. The first-order valence-corrected chi connectivity index (χ1v) is 10.7. The molecular weight excluding hydrogens is 495 g/mol. The highest BCUT2D eigenvalue weighted by molar-refractivity contribution is 14.0. The standard InChI is InChI=1S/C22H36N4O3.HI/c1-5-23-22(26-12-14-29-21(16-26)20-11-8-13-28-20)24-15-18(25(2)3)17-9-6-7-10-19(17)27-4;/h6-7,9-10,18,20-21H,5,8,11-16H2,1-4H3,(H,23,24);1H. The Bertz CT molecular complexity index is 668. The van der Waals surface area contributed by atoms with Crippen LogP contribution in [-0.4, -0.2) is 88.6 Å². The molecule has 1 aromatic rings. The van der Waals surface area contributed by atoms with Crippen LogP contribution in [0.25, 0.3) is 0 Å². The average Bonchev–Trinajstić information content (AvgIpc) is 3.28. The highest BCUT2D eigenvalue weighted by atomic mass is 127. The summed E-state index contributed by atoms with van der Waals surface area (Å²) >= 11 is 0. The number of morpholine rings is 1. The topological polar surface area (TPSA) is 58.6 Å². The number of para-hydroxylation sites is 1. The Morgan fingerprint density at radius 1 is 1.27 bits per heavy atom. The Kier molecular flexibility index (Phi) is 10.6. The van der Waals surface area contributed by atoms with Crippen LogP contribution in [0.2, 0.25) is 0 Å². The summed E-state index contributed by atoms with van der Waals surface area (Å²) in [6.07, 6.45) is 2.54. The molecule has 3 rings (SSSR count). The third-order valence-electron chi connectivity index (χ3n) is 5.64. The molecule has 1 N–H and O–H groups in total. The Balaban J connectivity index is 0.00000320. The van der Waals surface area contributed by atoms with Crippen molar-refractivity contribution in [1.82, 2.24) is 15.1 Å². The van der Waals surface area contributed by atoms with E-state index < -0.39 is 0 Å². The Morgan fingerprint density at radius 2 is 2.03 bits per heavy atom. The number of likely N-dealkylation sites (N-methyl/N-ethyl adjacent to an activating group) is 1. The lowest BCUT2D eigenvalue weighted by Crippen LogP contribution is -2.53. The number of nitrogens with zero attached hydrogens (tertiary/aromatic N) is 3. The minimum Gasteiger partial charge on any atom is -0.496 e. The number of nitrogens with one attached hydrogen (secondary N) is 1. The monoisotopic (exact) mass is 532 g/mol. The Hall–Kier alpha value is -1.10. The van der Waals surface area contributed by atoms with E-state index in [2.05, 4.69) is 48.3 Å². The summed E-state index contributed by atoms with van der Waals surface area (Å²) in [6.45, 7) is 6.81. The molecule has 7 nitrogen and oxygen atoms in total. The van der Waals surface area contributed by atoms with Crippen molar-refractivity contribution in [3.05, 3.63) is 29.8 Å². The molecule has 0 aliphatic carbocycles. The van der Waals surface area contributed by atoms with Gasteiger partial charge in [0.05, 0.1) is 32.4 Å². The molecule has 0 spiro atoms. The molecule has 170 valence electrons. The van der Waals surface area contributed by atoms with E-state index in [0.29, 0.717) is 13.2 Å². The average molecular weight is 532 g/mol.